The molecular weight excluding hydrogens is 358 g/mol. The van der Waals surface area contributed by atoms with Crippen molar-refractivity contribution in [2.45, 2.75) is 6.61 Å². The molecule has 28 heavy (non-hydrogen) atoms. The summed E-state index contributed by atoms with van der Waals surface area (Å²) in [6.45, 7) is 0.401. The molecule has 7 nitrogen and oxygen atoms in total. The maximum absolute atomic E-state index is 12.0. The number of pyridine rings is 1. The van der Waals surface area contributed by atoms with Gasteiger partial charge in [0.2, 0.25) is 11.8 Å². The van der Waals surface area contributed by atoms with Crippen molar-refractivity contribution in [3.8, 4) is 5.88 Å². The Morgan fingerprint density at radius 2 is 1.82 bits per heavy atom. The number of carbonyl (C=O) groups excluding carboxylic acids is 1. The molecular formula is C21H17N3O4. The third kappa shape index (κ3) is 5.25. The van der Waals surface area contributed by atoms with Gasteiger partial charge in [0.1, 0.15) is 6.61 Å². The molecule has 0 saturated carbocycles. The summed E-state index contributed by atoms with van der Waals surface area (Å²) in [5.74, 6) is 0.0233. The molecule has 0 spiro atoms. The topological polar surface area (TPSA) is 94.4 Å². The SMILES string of the molecule is O=C(/C=C/c1ccccc1[N+](=O)[O-])Nc1ccc(OCc2ccccc2)nc1. The number of carbonyl (C=O) groups is 1. The fourth-order valence-corrected chi connectivity index (χ4v) is 2.42. The minimum absolute atomic E-state index is 0.0619. The molecule has 1 N–H and O–H groups in total. The number of nitrogens with zero attached hydrogens (tertiary/aromatic N) is 2. The highest BCUT2D eigenvalue weighted by atomic mass is 16.6. The van der Waals surface area contributed by atoms with Gasteiger partial charge in [-0.3, -0.25) is 14.9 Å². The molecule has 1 heterocycles. The molecule has 0 aliphatic heterocycles. The smallest absolute Gasteiger partial charge is 0.276 e. The first-order valence-electron chi connectivity index (χ1n) is 8.47. The maximum Gasteiger partial charge on any atom is 0.276 e. The van der Waals surface area contributed by atoms with Crippen molar-refractivity contribution in [1.29, 1.82) is 0 Å². The van der Waals surface area contributed by atoms with E-state index in [4.69, 9.17) is 4.74 Å². The number of nitro groups is 1. The lowest BCUT2D eigenvalue weighted by molar-refractivity contribution is -0.385. The predicted octanol–water partition coefficient (Wildman–Crippen LogP) is 4.22. The highest BCUT2D eigenvalue weighted by Gasteiger charge is 2.09. The van der Waals surface area contributed by atoms with E-state index in [1.54, 1.807) is 30.3 Å². The Morgan fingerprint density at radius 3 is 2.54 bits per heavy atom. The molecule has 2 aromatic carbocycles. The first kappa shape index (κ1) is 18.8. The summed E-state index contributed by atoms with van der Waals surface area (Å²) < 4.78 is 5.59. The van der Waals surface area contributed by atoms with Crippen molar-refractivity contribution in [1.82, 2.24) is 4.98 Å². The van der Waals surface area contributed by atoms with Crippen molar-refractivity contribution >= 4 is 23.4 Å². The highest BCUT2D eigenvalue weighted by molar-refractivity contribution is 6.02. The van der Waals surface area contributed by atoms with Gasteiger partial charge in [-0.15, -0.1) is 0 Å². The normalized spacial score (nSPS) is 10.6. The Hall–Kier alpha value is -4.00. The number of hydrogen-bond acceptors (Lipinski definition) is 5. The predicted molar refractivity (Wildman–Crippen MR) is 106 cm³/mol. The first-order valence-corrected chi connectivity index (χ1v) is 8.47. The molecule has 0 fully saturated rings. The Balaban J connectivity index is 1.56. The Labute approximate surface area is 161 Å². The summed E-state index contributed by atoms with van der Waals surface area (Å²) in [5, 5.41) is 13.6. The van der Waals surface area contributed by atoms with Crippen LogP contribution in [0.25, 0.3) is 6.08 Å². The summed E-state index contributed by atoms with van der Waals surface area (Å²) in [7, 11) is 0. The summed E-state index contributed by atoms with van der Waals surface area (Å²) in [4.78, 5) is 26.7. The number of para-hydroxylation sites is 1. The van der Waals surface area contributed by atoms with Crippen LogP contribution in [0.5, 0.6) is 5.88 Å². The average molecular weight is 375 g/mol. The second-order valence-corrected chi connectivity index (χ2v) is 5.80. The number of nitrogens with one attached hydrogen (secondary N) is 1. The standard InChI is InChI=1S/C21H17N3O4/c25-20(12-10-17-8-4-5-9-19(17)24(26)27)23-18-11-13-21(22-14-18)28-15-16-6-2-1-3-7-16/h1-14H,15H2,(H,23,25)/b12-10+. The lowest BCUT2D eigenvalue weighted by Crippen LogP contribution is -2.08. The van der Waals surface area contributed by atoms with Crippen LogP contribution in [0.1, 0.15) is 11.1 Å². The number of hydrogen-bond donors (Lipinski definition) is 1. The van der Waals surface area contributed by atoms with Crippen molar-refractivity contribution in [2.24, 2.45) is 0 Å². The van der Waals surface area contributed by atoms with Crippen LogP contribution in [0.3, 0.4) is 0 Å². The van der Waals surface area contributed by atoms with Crippen molar-refractivity contribution in [2.75, 3.05) is 5.32 Å². The number of benzene rings is 2. The molecule has 0 aliphatic carbocycles. The highest BCUT2D eigenvalue weighted by Crippen LogP contribution is 2.19. The molecule has 7 heteroatoms. The van der Waals surface area contributed by atoms with E-state index in [2.05, 4.69) is 10.3 Å². The molecule has 0 unspecified atom stereocenters. The van der Waals surface area contributed by atoms with Crippen LogP contribution in [0.15, 0.2) is 79.0 Å². The number of amides is 1. The second kappa shape index (κ2) is 9.09. The van der Waals surface area contributed by atoms with E-state index < -0.39 is 10.8 Å². The molecule has 3 aromatic rings. The number of aromatic nitrogens is 1. The van der Waals surface area contributed by atoms with E-state index in [0.717, 1.165) is 5.56 Å². The van der Waals surface area contributed by atoms with Gasteiger partial charge in [-0.2, -0.15) is 0 Å². The number of anilines is 1. The Morgan fingerprint density at radius 1 is 1.07 bits per heavy atom. The van der Waals surface area contributed by atoms with Crippen LogP contribution in [-0.4, -0.2) is 15.8 Å². The van der Waals surface area contributed by atoms with Gasteiger partial charge in [-0.05, 0) is 23.8 Å². The number of rotatable bonds is 7. The van der Waals surface area contributed by atoms with E-state index in [9.17, 15) is 14.9 Å². The van der Waals surface area contributed by atoms with Crippen LogP contribution >= 0.6 is 0 Å². The van der Waals surface area contributed by atoms with E-state index in [-0.39, 0.29) is 5.69 Å². The van der Waals surface area contributed by atoms with Gasteiger partial charge in [0, 0.05) is 18.2 Å². The summed E-state index contributed by atoms with van der Waals surface area (Å²) in [5.41, 5.74) is 1.81. The fourth-order valence-electron chi connectivity index (χ4n) is 2.42. The minimum atomic E-state index is -0.490. The van der Waals surface area contributed by atoms with Gasteiger partial charge in [-0.25, -0.2) is 4.98 Å². The third-order valence-electron chi connectivity index (χ3n) is 3.78. The molecule has 0 aliphatic rings. The zero-order valence-corrected chi connectivity index (χ0v) is 14.8. The number of ether oxygens (including phenoxy) is 1. The van der Waals surface area contributed by atoms with Crippen LogP contribution in [0.2, 0.25) is 0 Å². The van der Waals surface area contributed by atoms with E-state index in [1.807, 2.05) is 30.3 Å². The molecule has 3 rings (SSSR count). The van der Waals surface area contributed by atoms with Crippen LogP contribution in [0, 0.1) is 10.1 Å². The first-order chi connectivity index (χ1) is 13.6. The average Bonchev–Trinajstić information content (AvgIpc) is 2.72. The lowest BCUT2D eigenvalue weighted by atomic mass is 10.1. The zero-order valence-electron chi connectivity index (χ0n) is 14.8. The van der Waals surface area contributed by atoms with E-state index in [1.165, 1.54) is 24.4 Å². The minimum Gasteiger partial charge on any atom is -0.473 e. The molecule has 1 amide bonds. The van der Waals surface area contributed by atoms with Crippen molar-refractivity contribution < 1.29 is 14.5 Å². The Kier molecular flexibility index (Phi) is 6.10. The zero-order chi connectivity index (χ0) is 19.8. The molecule has 140 valence electrons. The molecule has 1 aromatic heterocycles. The molecule has 0 saturated heterocycles. The van der Waals surface area contributed by atoms with Gasteiger partial charge in [0.05, 0.1) is 22.4 Å². The summed E-state index contributed by atoms with van der Waals surface area (Å²) in [6.07, 6.45) is 4.12. The van der Waals surface area contributed by atoms with E-state index in [0.29, 0.717) is 23.7 Å². The lowest BCUT2D eigenvalue weighted by Gasteiger charge is -2.06. The van der Waals surface area contributed by atoms with Gasteiger partial charge in [0.15, 0.2) is 0 Å². The molecule has 0 atom stereocenters. The largest absolute Gasteiger partial charge is 0.473 e. The molecule has 0 radical (unpaired) electrons. The summed E-state index contributed by atoms with van der Waals surface area (Å²) >= 11 is 0. The van der Waals surface area contributed by atoms with Crippen LogP contribution in [0.4, 0.5) is 11.4 Å². The third-order valence-corrected chi connectivity index (χ3v) is 3.78. The van der Waals surface area contributed by atoms with E-state index >= 15 is 0 Å². The maximum atomic E-state index is 12.0. The van der Waals surface area contributed by atoms with Crippen molar-refractivity contribution in [3.05, 3.63) is 100 Å². The van der Waals surface area contributed by atoms with Gasteiger partial charge >= 0.3 is 0 Å². The molecule has 0 bridgehead atoms. The van der Waals surface area contributed by atoms with Gasteiger partial charge in [0.25, 0.3) is 5.69 Å². The van der Waals surface area contributed by atoms with Crippen molar-refractivity contribution in [3.63, 3.8) is 0 Å². The van der Waals surface area contributed by atoms with Crippen LogP contribution in [-0.2, 0) is 11.4 Å². The second-order valence-electron chi connectivity index (χ2n) is 5.80. The Bertz CT molecular complexity index is 986. The van der Waals surface area contributed by atoms with Crippen LogP contribution < -0.4 is 10.1 Å². The fraction of sp³-hybridized carbons (Fsp3) is 0.0476. The quantitative estimate of drug-likeness (QED) is 0.379. The monoisotopic (exact) mass is 375 g/mol. The van der Waals surface area contributed by atoms with Gasteiger partial charge in [-0.1, -0.05) is 42.5 Å². The number of nitro benzene ring substituents is 1. The van der Waals surface area contributed by atoms with Gasteiger partial charge < -0.3 is 10.1 Å². The summed E-state index contributed by atoms with van der Waals surface area (Å²) in [6, 6.07) is 19.2.